The first-order valence-corrected chi connectivity index (χ1v) is 24.3. The average molecular weight is 883 g/mol. The molecule has 0 heterocycles. The van der Waals surface area contributed by atoms with Crippen molar-refractivity contribution >= 4 is 19.8 Å². The van der Waals surface area contributed by atoms with Crippen molar-refractivity contribution in [3.05, 3.63) is 72.9 Å². The zero-order valence-electron chi connectivity index (χ0n) is 36.9. The van der Waals surface area contributed by atoms with Crippen LogP contribution in [0.3, 0.4) is 0 Å². The number of carbonyl (C=O) groups is 2. The summed E-state index contributed by atoms with van der Waals surface area (Å²) in [5, 5.41) is 50.1. The first kappa shape index (κ1) is 56.3. The molecule has 8 atom stereocenters. The van der Waals surface area contributed by atoms with E-state index in [4.69, 9.17) is 18.5 Å². The molecule has 1 aliphatic carbocycles. The minimum atomic E-state index is -5.13. The second-order valence-corrected chi connectivity index (χ2v) is 17.0. The van der Waals surface area contributed by atoms with Crippen molar-refractivity contribution in [2.75, 3.05) is 13.2 Å². The fourth-order valence-corrected chi connectivity index (χ4v) is 7.45. The van der Waals surface area contributed by atoms with Crippen LogP contribution in [0.25, 0.3) is 0 Å². The molecule has 350 valence electrons. The van der Waals surface area contributed by atoms with Gasteiger partial charge in [0.05, 0.1) is 6.61 Å². The molecule has 13 nitrogen and oxygen atoms in total. The molecule has 0 radical (unpaired) electrons. The molecule has 0 spiro atoms. The fraction of sp³-hybridized carbons (Fsp3) is 0.702. The smallest absolute Gasteiger partial charge is 0.462 e. The Labute approximate surface area is 365 Å². The number of unbranched alkanes of at least 4 members (excludes halogenated alkanes) is 14. The molecule has 6 N–H and O–H groups in total. The maximum atomic E-state index is 12.8. The number of phosphoric ester groups is 1. The van der Waals surface area contributed by atoms with Gasteiger partial charge in [-0.2, -0.15) is 0 Å². The number of ether oxygens (including phenoxy) is 2. The highest BCUT2D eigenvalue weighted by Crippen LogP contribution is 2.47. The number of rotatable bonds is 36. The molecule has 1 saturated carbocycles. The highest BCUT2D eigenvalue weighted by Gasteiger charge is 2.51. The lowest BCUT2D eigenvalue weighted by Gasteiger charge is -2.41. The van der Waals surface area contributed by atoms with E-state index in [2.05, 4.69) is 62.5 Å². The van der Waals surface area contributed by atoms with Crippen LogP contribution in [0.1, 0.15) is 155 Å². The van der Waals surface area contributed by atoms with Crippen LogP contribution in [-0.2, 0) is 32.7 Å². The van der Waals surface area contributed by atoms with Gasteiger partial charge in [0.15, 0.2) is 6.10 Å². The summed E-state index contributed by atoms with van der Waals surface area (Å²) in [6, 6.07) is 0. The maximum absolute atomic E-state index is 12.8. The molecule has 7 unspecified atom stereocenters. The summed E-state index contributed by atoms with van der Waals surface area (Å²) in [4.78, 5) is 35.7. The molecule has 0 aromatic carbocycles. The number of esters is 2. The Hall–Kier alpha value is -2.71. The quantitative estimate of drug-likeness (QED) is 0.0115. The predicted octanol–water partition coefficient (Wildman–Crippen LogP) is 8.72. The third-order valence-electron chi connectivity index (χ3n) is 10.1. The molecular weight excluding hydrogens is 803 g/mol. The van der Waals surface area contributed by atoms with Crippen molar-refractivity contribution in [1.82, 2.24) is 0 Å². The van der Waals surface area contributed by atoms with Gasteiger partial charge in [0.25, 0.3) is 0 Å². The summed E-state index contributed by atoms with van der Waals surface area (Å²) < 4.78 is 33.5. The van der Waals surface area contributed by atoms with Crippen molar-refractivity contribution < 1.29 is 63.1 Å². The first-order valence-electron chi connectivity index (χ1n) is 22.8. The van der Waals surface area contributed by atoms with Crippen molar-refractivity contribution in [2.45, 2.75) is 198 Å². The molecule has 0 aliphatic heterocycles. The molecule has 0 aromatic rings. The van der Waals surface area contributed by atoms with E-state index >= 15 is 0 Å². The predicted molar refractivity (Wildman–Crippen MR) is 239 cm³/mol. The van der Waals surface area contributed by atoms with Gasteiger partial charge in [0, 0.05) is 12.8 Å². The van der Waals surface area contributed by atoms with E-state index in [-0.39, 0.29) is 12.8 Å². The van der Waals surface area contributed by atoms with Gasteiger partial charge in [0.2, 0.25) is 0 Å². The van der Waals surface area contributed by atoms with Gasteiger partial charge in [0.1, 0.15) is 43.2 Å². The highest BCUT2D eigenvalue weighted by atomic mass is 31.2. The minimum Gasteiger partial charge on any atom is -0.462 e. The van der Waals surface area contributed by atoms with Gasteiger partial charge in [-0.15, -0.1) is 0 Å². The first-order chi connectivity index (χ1) is 29.4. The largest absolute Gasteiger partial charge is 0.472 e. The van der Waals surface area contributed by atoms with E-state index in [1.165, 1.54) is 25.7 Å². The van der Waals surface area contributed by atoms with Crippen molar-refractivity contribution in [3.63, 3.8) is 0 Å². The van der Waals surface area contributed by atoms with Gasteiger partial charge in [-0.1, -0.05) is 151 Å². The zero-order valence-corrected chi connectivity index (χ0v) is 37.8. The number of allylic oxidation sites excluding steroid dienone is 12. The lowest BCUT2D eigenvalue weighted by atomic mass is 9.85. The standard InChI is InChI=1S/C47H79O13P/c1-3-5-7-9-11-13-15-17-18-19-20-21-22-24-25-27-29-31-33-35-40(48)57-37-39(38-58-61(55,56)60-47-45(53)43(51)42(50)44(52)46(47)54)59-41(49)36-34-32-30-28-26-23-16-14-12-10-8-6-4-2/h5-8,10-14,16-18,39,42-47,50-54H,3-4,9,15,19-38H2,1-2H3,(H,55,56)/b7-5+,8-6+,12-10+,13-11+,16-14+,18-17+/t39?,42?,43-,44?,45?,46?,47?/m0/s1. The van der Waals surface area contributed by atoms with E-state index in [1.807, 2.05) is 24.3 Å². The number of phosphoric acid groups is 1. The Bertz CT molecular complexity index is 1340. The summed E-state index contributed by atoms with van der Waals surface area (Å²) in [5.41, 5.74) is 0. The Morgan fingerprint density at radius 2 is 0.967 bits per heavy atom. The monoisotopic (exact) mass is 883 g/mol. The fourth-order valence-electron chi connectivity index (χ4n) is 6.48. The summed E-state index contributed by atoms with van der Waals surface area (Å²) in [6.07, 6.45) is 32.5. The molecule has 61 heavy (non-hydrogen) atoms. The molecule has 0 aromatic heterocycles. The molecule has 1 fully saturated rings. The third kappa shape index (κ3) is 29.3. The summed E-state index contributed by atoms with van der Waals surface area (Å²) in [6.45, 7) is 3.02. The van der Waals surface area contributed by atoms with Crippen molar-refractivity contribution in [1.29, 1.82) is 0 Å². The number of hydrogen-bond donors (Lipinski definition) is 6. The topological polar surface area (TPSA) is 210 Å². The minimum absolute atomic E-state index is 0.0689. The second-order valence-electron chi connectivity index (χ2n) is 15.6. The lowest BCUT2D eigenvalue weighted by molar-refractivity contribution is -0.220. The van der Waals surface area contributed by atoms with Crippen molar-refractivity contribution in [2.24, 2.45) is 0 Å². The van der Waals surface area contributed by atoms with Crippen LogP contribution in [0.15, 0.2) is 72.9 Å². The normalized spacial score (nSPS) is 22.7. The molecule has 14 heteroatoms. The van der Waals surface area contributed by atoms with Crippen LogP contribution < -0.4 is 0 Å². The van der Waals surface area contributed by atoms with Crippen LogP contribution in [0.4, 0.5) is 0 Å². The van der Waals surface area contributed by atoms with Crippen LogP contribution in [0, 0.1) is 0 Å². The van der Waals surface area contributed by atoms with E-state index in [1.54, 1.807) is 0 Å². The molecule has 1 rings (SSSR count). The van der Waals surface area contributed by atoms with Crippen molar-refractivity contribution in [3.8, 4) is 0 Å². The molecule has 1 aliphatic rings. The van der Waals surface area contributed by atoms with Crippen LogP contribution in [-0.4, -0.2) is 98.3 Å². The zero-order chi connectivity index (χ0) is 45.0. The summed E-state index contributed by atoms with van der Waals surface area (Å²) in [7, 11) is -5.13. The van der Waals surface area contributed by atoms with Gasteiger partial charge in [-0.25, -0.2) is 4.57 Å². The summed E-state index contributed by atoms with van der Waals surface area (Å²) in [5.74, 6) is -1.14. The van der Waals surface area contributed by atoms with E-state index in [0.29, 0.717) is 12.8 Å². The molecule has 0 saturated heterocycles. The molecule has 0 bridgehead atoms. The average Bonchev–Trinajstić information content (AvgIpc) is 3.24. The Morgan fingerprint density at radius 3 is 1.52 bits per heavy atom. The van der Waals surface area contributed by atoms with E-state index < -0.39 is 75.7 Å². The lowest BCUT2D eigenvalue weighted by Crippen LogP contribution is -2.64. The second kappa shape index (κ2) is 36.7. The molecular formula is C47H79O13P. The van der Waals surface area contributed by atoms with Crippen LogP contribution in [0.2, 0.25) is 0 Å². The molecule has 0 amide bonds. The number of aliphatic hydroxyl groups excluding tert-OH is 5. The van der Waals surface area contributed by atoms with Crippen LogP contribution in [0.5, 0.6) is 0 Å². The number of aliphatic hydroxyl groups is 5. The van der Waals surface area contributed by atoms with E-state index in [0.717, 1.165) is 89.9 Å². The highest BCUT2D eigenvalue weighted by molar-refractivity contribution is 7.47. The van der Waals surface area contributed by atoms with Crippen LogP contribution >= 0.6 is 7.82 Å². The van der Waals surface area contributed by atoms with Gasteiger partial charge >= 0.3 is 19.8 Å². The summed E-state index contributed by atoms with van der Waals surface area (Å²) >= 11 is 0. The van der Waals surface area contributed by atoms with Gasteiger partial charge < -0.3 is 39.9 Å². The Balaban J connectivity index is 2.45. The van der Waals surface area contributed by atoms with Gasteiger partial charge in [-0.3, -0.25) is 18.6 Å². The Kier molecular flexibility index (Phi) is 33.9. The number of hydrogen-bond acceptors (Lipinski definition) is 12. The SMILES string of the molecule is CC/C=C/C=C/C=C/CCCCCCCC(=O)OC(COC(=O)CCCCCCCCCCC/C=C/C/C=C/C/C=C/CC)COP(=O)(O)OC1C(O)C(O)C(O)[C@H](O)C1O. The Morgan fingerprint density at radius 1 is 0.525 bits per heavy atom. The third-order valence-corrected chi connectivity index (χ3v) is 11.1. The van der Waals surface area contributed by atoms with E-state index in [9.17, 15) is 44.6 Å². The number of carbonyl (C=O) groups excluding carboxylic acids is 2. The van der Waals surface area contributed by atoms with Gasteiger partial charge in [-0.05, 0) is 64.2 Å². The maximum Gasteiger partial charge on any atom is 0.472 e.